The number of piperidine rings is 1. The standard InChI is InChI=1S/C25H36N2O4/c1-26-19-25(12-14-27(15-13-25)24(29)21-9-16-30-17-10-21)11-5-4-7-20-6-2-3-8-22(20)31-18-23(26)28/h2-3,6,8,21H,4-5,7,9-19H2,1H3. The lowest BCUT2D eigenvalue weighted by atomic mass is 9.73. The van der Waals surface area contributed by atoms with Gasteiger partial charge in [0.2, 0.25) is 5.91 Å². The summed E-state index contributed by atoms with van der Waals surface area (Å²) in [6, 6.07) is 8.06. The van der Waals surface area contributed by atoms with Gasteiger partial charge in [0.15, 0.2) is 6.61 Å². The van der Waals surface area contributed by atoms with E-state index in [4.69, 9.17) is 9.47 Å². The van der Waals surface area contributed by atoms with Crippen LogP contribution in [0.25, 0.3) is 0 Å². The summed E-state index contributed by atoms with van der Waals surface area (Å²) in [6.07, 6.45) is 7.96. The van der Waals surface area contributed by atoms with Gasteiger partial charge in [0.1, 0.15) is 5.75 Å². The summed E-state index contributed by atoms with van der Waals surface area (Å²) in [5.41, 5.74) is 1.28. The molecule has 6 heteroatoms. The molecule has 3 aliphatic rings. The molecule has 0 atom stereocenters. The maximum absolute atomic E-state index is 13.0. The Morgan fingerprint density at radius 3 is 2.58 bits per heavy atom. The van der Waals surface area contributed by atoms with E-state index in [0.717, 1.165) is 76.8 Å². The van der Waals surface area contributed by atoms with E-state index in [0.29, 0.717) is 19.1 Å². The van der Waals surface area contributed by atoms with Crippen molar-refractivity contribution < 1.29 is 19.1 Å². The lowest BCUT2D eigenvalue weighted by molar-refractivity contribution is -0.142. The average Bonchev–Trinajstić information content (AvgIpc) is 2.81. The first-order valence-electron chi connectivity index (χ1n) is 11.9. The lowest BCUT2D eigenvalue weighted by Gasteiger charge is -2.45. The molecule has 0 unspecified atom stereocenters. The number of likely N-dealkylation sites (N-methyl/N-ethyl adjacent to an activating group) is 1. The molecule has 170 valence electrons. The fraction of sp³-hybridized carbons (Fsp3) is 0.680. The molecular formula is C25H36N2O4. The summed E-state index contributed by atoms with van der Waals surface area (Å²) < 4.78 is 11.3. The molecule has 0 N–H and O–H groups in total. The molecule has 31 heavy (non-hydrogen) atoms. The lowest BCUT2D eigenvalue weighted by Crippen LogP contribution is -2.50. The highest BCUT2D eigenvalue weighted by Gasteiger charge is 2.38. The summed E-state index contributed by atoms with van der Waals surface area (Å²) in [6.45, 7) is 3.84. The zero-order valence-electron chi connectivity index (χ0n) is 18.8. The van der Waals surface area contributed by atoms with Crippen molar-refractivity contribution in [3.05, 3.63) is 29.8 Å². The summed E-state index contributed by atoms with van der Waals surface area (Å²) in [5.74, 6) is 1.29. The van der Waals surface area contributed by atoms with Crippen molar-refractivity contribution in [1.82, 2.24) is 9.80 Å². The third kappa shape index (κ3) is 5.40. The average molecular weight is 429 g/mol. The maximum Gasteiger partial charge on any atom is 0.260 e. The normalized spacial score (nSPS) is 23.5. The number of amides is 2. The van der Waals surface area contributed by atoms with Crippen molar-refractivity contribution in [2.24, 2.45) is 11.3 Å². The first-order chi connectivity index (χ1) is 15.1. The quantitative estimate of drug-likeness (QED) is 0.689. The third-order valence-electron chi connectivity index (χ3n) is 7.43. The molecular weight excluding hydrogens is 392 g/mol. The Kier molecular flexibility index (Phi) is 7.16. The first kappa shape index (κ1) is 22.1. The van der Waals surface area contributed by atoms with Crippen LogP contribution in [0, 0.1) is 11.3 Å². The molecule has 3 aliphatic heterocycles. The van der Waals surface area contributed by atoms with Gasteiger partial charge in [0.05, 0.1) is 0 Å². The molecule has 0 bridgehead atoms. The molecule has 1 spiro atoms. The minimum absolute atomic E-state index is 0.0236. The zero-order chi connectivity index (χ0) is 21.7. The number of likely N-dealkylation sites (tertiary alicyclic amines) is 1. The number of hydrogen-bond donors (Lipinski definition) is 0. The molecule has 1 aromatic carbocycles. The summed E-state index contributed by atoms with van der Waals surface area (Å²) in [5, 5.41) is 0. The van der Waals surface area contributed by atoms with Crippen LogP contribution in [0.15, 0.2) is 24.3 Å². The van der Waals surface area contributed by atoms with Gasteiger partial charge < -0.3 is 19.3 Å². The third-order valence-corrected chi connectivity index (χ3v) is 7.43. The summed E-state index contributed by atoms with van der Waals surface area (Å²) >= 11 is 0. The number of carbonyl (C=O) groups excluding carboxylic acids is 2. The zero-order valence-corrected chi connectivity index (χ0v) is 18.8. The largest absolute Gasteiger partial charge is 0.483 e. The number of hydrogen-bond acceptors (Lipinski definition) is 4. The fourth-order valence-corrected chi connectivity index (χ4v) is 5.40. The van der Waals surface area contributed by atoms with Crippen LogP contribution in [0.1, 0.15) is 50.5 Å². The molecule has 0 radical (unpaired) electrons. The fourth-order valence-electron chi connectivity index (χ4n) is 5.40. The van der Waals surface area contributed by atoms with Gasteiger partial charge in [0, 0.05) is 45.8 Å². The number of fused-ring (bicyclic) bond motifs is 1. The van der Waals surface area contributed by atoms with Crippen molar-refractivity contribution in [3.63, 3.8) is 0 Å². The predicted molar refractivity (Wildman–Crippen MR) is 119 cm³/mol. The number of ether oxygens (including phenoxy) is 2. The highest BCUT2D eigenvalue weighted by Crippen LogP contribution is 2.39. The summed E-state index contributed by atoms with van der Waals surface area (Å²) in [4.78, 5) is 29.6. The van der Waals surface area contributed by atoms with Gasteiger partial charge in [-0.05, 0) is 62.0 Å². The van der Waals surface area contributed by atoms with Crippen molar-refractivity contribution >= 4 is 11.8 Å². The molecule has 2 saturated heterocycles. The molecule has 0 aliphatic carbocycles. The van der Waals surface area contributed by atoms with Gasteiger partial charge >= 0.3 is 0 Å². The molecule has 1 aromatic rings. The van der Waals surface area contributed by atoms with Crippen LogP contribution in [0.3, 0.4) is 0 Å². The van der Waals surface area contributed by atoms with Gasteiger partial charge in [-0.15, -0.1) is 0 Å². The molecule has 0 saturated carbocycles. The van der Waals surface area contributed by atoms with Crippen LogP contribution in [0.4, 0.5) is 0 Å². The Labute approximate surface area is 185 Å². The van der Waals surface area contributed by atoms with E-state index < -0.39 is 0 Å². The molecule has 3 heterocycles. The molecule has 2 amide bonds. The second kappa shape index (κ2) is 10.0. The van der Waals surface area contributed by atoms with Crippen molar-refractivity contribution in [2.75, 3.05) is 46.5 Å². The van der Waals surface area contributed by atoms with E-state index in [9.17, 15) is 9.59 Å². The highest BCUT2D eigenvalue weighted by molar-refractivity contribution is 5.79. The van der Waals surface area contributed by atoms with Crippen LogP contribution in [-0.2, 0) is 20.7 Å². The van der Waals surface area contributed by atoms with E-state index >= 15 is 0 Å². The van der Waals surface area contributed by atoms with E-state index in [1.165, 1.54) is 5.56 Å². The molecule has 0 aromatic heterocycles. The van der Waals surface area contributed by atoms with Gasteiger partial charge in [-0.3, -0.25) is 9.59 Å². The Hall–Kier alpha value is -2.08. The number of carbonyl (C=O) groups is 2. The van der Waals surface area contributed by atoms with Crippen LogP contribution >= 0.6 is 0 Å². The Morgan fingerprint density at radius 1 is 1.06 bits per heavy atom. The van der Waals surface area contributed by atoms with Crippen LogP contribution in [0.2, 0.25) is 0 Å². The van der Waals surface area contributed by atoms with E-state index in [1.807, 2.05) is 30.1 Å². The van der Waals surface area contributed by atoms with E-state index in [-0.39, 0.29) is 23.8 Å². The first-order valence-corrected chi connectivity index (χ1v) is 11.9. The summed E-state index contributed by atoms with van der Waals surface area (Å²) in [7, 11) is 1.89. The maximum atomic E-state index is 13.0. The van der Waals surface area contributed by atoms with Crippen molar-refractivity contribution in [3.8, 4) is 5.75 Å². The molecule has 6 nitrogen and oxygen atoms in total. The molecule has 4 rings (SSSR count). The number of aryl methyl sites for hydroxylation is 1. The number of para-hydroxylation sites is 1. The molecule has 2 fully saturated rings. The minimum atomic E-state index is 0.0236. The second-order valence-corrected chi connectivity index (χ2v) is 9.57. The monoisotopic (exact) mass is 428 g/mol. The topological polar surface area (TPSA) is 59.1 Å². The number of nitrogens with zero attached hydrogens (tertiary/aromatic N) is 2. The van der Waals surface area contributed by atoms with E-state index in [2.05, 4.69) is 11.0 Å². The second-order valence-electron chi connectivity index (χ2n) is 9.57. The smallest absolute Gasteiger partial charge is 0.260 e. The minimum Gasteiger partial charge on any atom is -0.483 e. The van der Waals surface area contributed by atoms with Crippen molar-refractivity contribution in [1.29, 1.82) is 0 Å². The highest BCUT2D eigenvalue weighted by atomic mass is 16.5. The van der Waals surface area contributed by atoms with Gasteiger partial charge in [0.25, 0.3) is 5.91 Å². The van der Waals surface area contributed by atoms with Crippen LogP contribution in [0.5, 0.6) is 5.75 Å². The Morgan fingerprint density at radius 2 is 1.81 bits per heavy atom. The SMILES string of the molecule is CN1CC2(CCCCc3ccccc3OCC1=O)CCN(C(=O)C1CCOCC1)CC2. The number of rotatable bonds is 1. The Balaban J connectivity index is 1.41. The van der Waals surface area contributed by atoms with E-state index in [1.54, 1.807) is 0 Å². The van der Waals surface area contributed by atoms with Gasteiger partial charge in [-0.2, -0.15) is 0 Å². The van der Waals surface area contributed by atoms with Crippen LogP contribution < -0.4 is 4.74 Å². The van der Waals surface area contributed by atoms with Gasteiger partial charge in [-0.25, -0.2) is 0 Å². The van der Waals surface area contributed by atoms with Crippen LogP contribution in [-0.4, -0.2) is 68.1 Å². The van der Waals surface area contributed by atoms with Gasteiger partial charge in [-0.1, -0.05) is 24.6 Å². The number of benzene rings is 1. The predicted octanol–water partition coefficient (Wildman–Crippen LogP) is 3.29. The van der Waals surface area contributed by atoms with Crippen molar-refractivity contribution in [2.45, 2.75) is 51.4 Å². The Bertz CT molecular complexity index is 767.